The third-order valence-corrected chi connectivity index (χ3v) is 5.47. The molecule has 3 saturated carbocycles. The monoisotopic (exact) mass is 276 g/mol. The minimum Gasteiger partial charge on any atom is -0.342 e. The van der Waals surface area contributed by atoms with Crippen molar-refractivity contribution in [1.29, 1.82) is 0 Å². The third-order valence-electron chi connectivity index (χ3n) is 5.47. The Morgan fingerprint density at radius 1 is 1.10 bits per heavy atom. The van der Waals surface area contributed by atoms with Gasteiger partial charge in [0.05, 0.1) is 0 Å². The highest BCUT2D eigenvalue weighted by molar-refractivity contribution is 5.97. The summed E-state index contributed by atoms with van der Waals surface area (Å²) >= 11 is 0. The van der Waals surface area contributed by atoms with Crippen molar-refractivity contribution < 1.29 is 9.59 Å². The van der Waals surface area contributed by atoms with Crippen LogP contribution in [-0.2, 0) is 9.59 Å². The van der Waals surface area contributed by atoms with Crippen LogP contribution in [0.2, 0.25) is 0 Å². The molecule has 0 aromatic heterocycles. The van der Waals surface area contributed by atoms with Crippen LogP contribution in [0.25, 0.3) is 0 Å². The van der Waals surface area contributed by atoms with Gasteiger partial charge < -0.3 is 10.2 Å². The van der Waals surface area contributed by atoms with Crippen LogP contribution in [0, 0.1) is 17.8 Å². The van der Waals surface area contributed by atoms with E-state index in [-0.39, 0.29) is 23.9 Å². The maximum Gasteiger partial charge on any atom is 0.246 e. The summed E-state index contributed by atoms with van der Waals surface area (Å²) in [5.74, 6) is 2.07. The minimum atomic E-state index is -0.219. The molecule has 4 aliphatic rings. The summed E-state index contributed by atoms with van der Waals surface area (Å²) in [5.41, 5.74) is 0. The Morgan fingerprint density at radius 3 is 2.15 bits per heavy atom. The first-order chi connectivity index (χ1) is 9.70. The van der Waals surface area contributed by atoms with E-state index in [1.807, 2.05) is 11.8 Å². The first-order valence-electron chi connectivity index (χ1n) is 8.33. The van der Waals surface area contributed by atoms with Gasteiger partial charge in [-0.2, -0.15) is 0 Å². The molecule has 2 atom stereocenters. The number of amides is 2. The standard InChI is InChI=1S/C16H24N2O2/c1-2-12-15(19)17-13(9-3-4-9)16(20)18(12)14(10-5-6-10)11-7-8-11/h9-14H,2-8H2,1H3,(H,17,19). The molecule has 0 radical (unpaired) electrons. The fraction of sp³-hybridized carbons (Fsp3) is 0.875. The molecule has 1 aliphatic heterocycles. The van der Waals surface area contributed by atoms with Gasteiger partial charge in [-0.05, 0) is 62.7 Å². The predicted octanol–water partition coefficient (Wildman–Crippen LogP) is 1.69. The highest BCUT2D eigenvalue weighted by Gasteiger charge is 2.54. The van der Waals surface area contributed by atoms with Gasteiger partial charge in [-0.1, -0.05) is 6.92 Å². The summed E-state index contributed by atoms with van der Waals surface area (Å²) in [7, 11) is 0. The molecule has 0 aromatic carbocycles. The zero-order valence-electron chi connectivity index (χ0n) is 12.2. The number of hydrogen-bond donors (Lipinski definition) is 1. The molecule has 20 heavy (non-hydrogen) atoms. The second-order valence-corrected chi connectivity index (χ2v) is 7.16. The van der Waals surface area contributed by atoms with Crippen LogP contribution in [0.3, 0.4) is 0 Å². The lowest BCUT2D eigenvalue weighted by Gasteiger charge is -2.44. The van der Waals surface area contributed by atoms with E-state index in [1.54, 1.807) is 0 Å². The van der Waals surface area contributed by atoms with Crippen LogP contribution in [0.15, 0.2) is 0 Å². The van der Waals surface area contributed by atoms with Crippen LogP contribution < -0.4 is 5.32 Å². The first kappa shape index (κ1) is 12.7. The Kier molecular flexibility index (Phi) is 2.83. The number of rotatable bonds is 5. The van der Waals surface area contributed by atoms with Gasteiger partial charge in [0.15, 0.2) is 0 Å². The topological polar surface area (TPSA) is 49.4 Å². The molecule has 1 heterocycles. The number of piperazine rings is 1. The highest BCUT2D eigenvalue weighted by atomic mass is 16.2. The zero-order chi connectivity index (χ0) is 13.9. The normalized spacial score (nSPS) is 34.6. The Morgan fingerprint density at radius 2 is 1.70 bits per heavy atom. The average Bonchev–Trinajstić information content (AvgIpc) is 3.28. The van der Waals surface area contributed by atoms with Gasteiger partial charge in [0.25, 0.3) is 0 Å². The van der Waals surface area contributed by atoms with Gasteiger partial charge in [0, 0.05) is 6.04 Å². The van der Waals surface area contributed by atoms with Gasteiger partial charge in [0.2, 0.25) is 11.8 Å². The quantitative estimate of drug-likeness (QED) is 0.830. The molecule has 3 aliphatic carbocycles. The Bertz CT molecular complexity index is 426. The lowest BCUT2D eigenvalue weighted by atomic mass is 9.95. The summed E-state index contributed by atoms with van der Waals surface area (Å²) in [5, 5.41) is 3.00. The minimum absolute atomic E-state index is 0.0929. The zero-order valence-corrected chi connectivity index (χ0v) is 12.2. The van der Waals surface area contributed by atoms with Gasteiger partial charge in [-0.25, -0.2) is 0 Å². The van der Waals surface area contributed by atoms with Gasteiger partial charge >= 0.3 is 0 Å². The molecule has 1 saturated heterocycles. The predicted molar refractivity (Wildman–Crippen MR) is 74.8 cm³/mol. The molecule has 2 unspecified atom stereocenters. The van der Waals surface area contributed by atoms with Crippen molar-refractivity contribution in [2.75, 3.05) is 0 Å². The molecular weight excluding hydrogens is 252 g/mol. The van der Waals surface area contributed by atoms with Crippen LogP contribution >= 0.6 is 0 Å². The molecule has 110 valence electrons. The van der Waals surface area contributed by atoms with Crippen molar-refractivity contribution in [3.05, 3.63) is 0 Å². The van der Waals surface area contributed by atoms with Crippen LogP contribution in [-0.4, -0.2) is 34.8 Å². The lowest BCUT2D eigenvalue weighted by molar-refractivity contribution is -0.154. The third kappa shape index (κ3) is 2.04. The molecule has 4 rings (SSSR count). The Labute approximate surface area is 120 Å². The summed E-state index contributed by atoms with van der Waals surface area (Å²) in [6, 6.07) is -0.0752. The van der Waals surface area contributed by atoms with Crippen molar-refractivity contribution in [2.24, 2.45) is 17.8 Å². The van der Waals surface area contributed by atoms with E-state index in [4.69, 9.17) is 0 Å². The summed E-state index contributed by atoms with van der Waals surface area (Å²) in [6.45, 7) is 2.03. The summed E-state index contributed by atoms with van der Waals surface area (Å²) < 4.78 is 0. The van der Waals surface area contributed by atoms with E-state index in [2.05, 4.69) is 5.32 Å². The van der Waals surface area contributed by atoms with Crippen molar-refractivity contribution in [3.63, 3.8) is 0 Å². The van der Waals surface area contributed by atoms with Gasteiger partial charge in [-0.3, -0.25) is 9.59 Å². The number of nitrogens with zero attached hydrogens (tertiary/aromatic N) is 1. The van der Waals surface area contributed by atoms with Crippen molar-refractivity contribution in [3.8, 4) is 0 Å². The highest BCUT2D eigenvalue weighted by Crippen LogP contribution is 2.49. The summed E-state index contributed by atoms with van der Waals surface area (Å²) in [4.78, 5) is 27.4. The van der Waals surface area contributed by atoms with E-state index < -0.39 is 0 Å². The maximum absolute atomic E-state index is 12.9. The van der Waals surface area contributed by atoms with E-state index >= 15 is 0 Å². The van der Waals surface area contributed by atoms with Gasteiger partial charge in [0.1, 0.15) is 12.1 Å². The molecule has 4 nitrogen and oxygen atoms in total. The molecule has 0 bridgehead atoms. The molecule has 2 amide bonds. The molecular formula is C16H24N2O2. The number of nitrogens with one attached hydrogen (secondary N) is 1. The second-order valence-electron chi connectivity index (χ2n) is 7.16. The molecule has 4 fully saturated rings. The van der Waals surface area contributed by atoms with Crippen LogP contribution in [0.4, 0.5) is 0 Å². The number of carbonyl (C=O) groups is 2. The average molecular weight is 276 g/mol. The fourth-order valence-electron chi connectivity index (χ4n) is 3.95. The molecule has 0 aromatic rings. The van der Waals surface area contributed by atoms with Crippen molar-refractivity contribution in [2.45, 2.75) is 70.0 Å². The van der Waals surface area contributed by atoms with Gasteiger partial charge in [-0.15, -0.1) is 0 Å². The van der Waals surface area contributed by atoms with Crippen molar-refractivity contribution in [1.82, 2.24) is 10.2 Å². The smallest absolute Gasteiger partial charge is 0.246 e. The van der Waals surface area contributed by atoms with E-state index in [0.29, 0.717) is 23.8 Å². The maximum atomic E-state index is 12.9. The van der Waals surface area contributed by atoms with E-state index in [1.165, 1.54) is 25.7 Å². The summed E-state index contributed by atoms with van der Waals surface area (Å²) in [6.07, 6.45) is 7.92. The second kappa shape index (κ2) is 4.47. The molecule has 0 spiro atoms. The van der Waals surface area contributed by atoms with E-state index in [9.17, 15) is 9.59 Å². The SMILES string of the molecule is CCC1C(=O)NC(C2CC2)C(=O)N1C(C1CC1)C1CC1. The molecule has 4 heteroatoms. The fourth-order valence-corrected chi connectivity index (χ4v) is 3.95. The van der Waals surface area contributed by atoms with Crippen LogP contribution in [0.5, 0.6) is 0 Å². The Hall–Kier alpha value is -1.06. The largest absolute Gasteiger partial charge is 0.342 e. The van der Waals surface area contributed by atoms with E-state index in [0.717, 1.165) is 19.3 Å². The Balaban J connectivity index is 1.63. The number of carbonyl (C=O) groups excluding carboxylic acids is 2. The first-order valence-corrected chi connectivity index (χ1v) is 8.33. The molecule has 1 N–H and O–H groups in total. The lowest BCUT2D eigenvalue weighted by Crippen LogP contribution is -2.66. The number of hydrogen-bond acceptors (Lipinski definition) is 2. The van der Waals surface area contributed by atoms with Crippen LogP contribution in [0.1, 0.15) is 51.9 Å². The van der Waals surface area contributed by atoms with Crippen molar-refractivity contribution >= 4 is 11.8 Å².